The van der Waals surface area contributed by atoms with Crippen LogP contribution in [0.5, 0.6) is 0 Å². The molecule has 0 bridgehead atoms. The molecule has 154 valence electrons. The Labute approximate surface area is 169 Å². The van der Waals surface area contributed by atoms with E-state index < -0.39 is 23.5 Å². The van der Waals surface area contributed by atoms with E-state index in [2.05, 4.69) is 5.32 Å². The Bertz CT molecular complexity index is 873. The molecule has 1 fully saturated rings. The fourth-order valence-electron chi connectivity index (χ4n) is 3.49. The molecule has 1 heterocycles. The van der Waals surface area contributed by atoms with Crippen LogP contribution in [0.15, 0.2) is 54.6 Å². The van der Waals surface area contributed by atoms with Crippen LogP contribution in [0.1, 0.15) is 33.2 Å². The quantitative estimate of drug-likeness (QED) is 0.511. The molecule has 2 aromatic carbocycles. The number of hydrogen-bond donors (Lipinski definition) is 3. The number of aryl methyl sites for hydroxylation is 1. The van der Waals surface area contributed by atoms with Crippen molar-refractivity contribution in [3.8, 4) is 0 Å². The first-order valence-electron chi connectivity index (χ1n) is 9.51. The largest absolute Gasteiger partial charge is 0.390 e. The molecule has 2 amide bonds. The minimum Gasteiger partial charge on any atom is -0.390 e. The van der Waals surface area contributed by atoms with Gasteiger partial charge in [-0.1, -0.05) is 43.3 Å². The molecule has 3 atom stereocenters. The smallest absolute Gasteiger partial charge is 0.277 e. The van der Waals surface area contributed by atoms with Crippen LogP contribution in [-0.4, -0.2) is 59.1 Å². The predicted octanol–water partition coefficient (Wildman–Crippen LogP) is 2.02. The van der Waals surface area contributed by atoms with Crippen LogP contribution in [0.25, 0.3) is 0 Å². The Hall–Kier alpha value is -2.74. The van der Waals surface area contributed by atoms with Crippen LogP contribution in [0.3, 0.4) is 0 Å². The number of hydrogen-bond acceptors (Lipinski definition) is 5. The summed E-state index contributed by atoms with van der Waals surface area (Å²) in [5.74, 6) is -0.786. The maximum Gasteiger partial charge on any atom is 0.277 e. The van der Waals surface area contributed by atoms with Crippen LogP contribution in [0, 0.1) is 12.3 Å². The second kappa shape index (κ2) is 8.73. The normalized spacial score (nSPS) is 23.6. The summed E-state index contributed by atoms with van der Waals surface area (Å²) in [7, 11) is 0. The van der Waals surface area contributed by atoms with Gasteiger partial charge in [0.1, 0.15) is 6.10 Å². The van der Waals surface area contributed by atoms with E-state index in [-0.39, 0.29) is 25.6 Å². The second-order valence-corrected chi connectivity index (χ2v) is 7.70. The van der Waals surface area contributed by atoms with Crippen molar-refractivity contribution in [2.75, 3.05) is 19.7 Å². The minimum absolute atomic E-state index is 0.0931. The Morgan fingerprint density at radius 1 is 1.17 bits per heavy atom. The summed E-state index contributed by atoms with van der Waals surface area (Å²) in [5, 5.41) is 24.4. The van der Waals surface area contributed by atoms with Gasteiger partial charge in [-0.15, -0.1) is 0 Å². The number of carbonyl (C=O) groups excluding carboxylic acids is 2. The highest BCUT2D eigenvalue weighted by Gasteiger charge is 2.47. The molecule has 3 N–H and O–H groups in total. The van der Waals surface area contributed by atoms with Crippen molar-refractivity contribution >= 4 is 11.8 Å². The highest BCUT2D eigenvalue weighted by molar-refractivity contribution is 5.95. The molecular weight excluding hydrogens is 372 g/mol. The number of benzene rings is 2. The summed E-state index contributed by atoms with van der Waals surface area (Å²) in [4.78, 5) is 24.7. The van der Waals surface area contributed by atoms with Crippen molar-refractivity contribution in [2.24, 2.45) is 5.41 Å². The number of ether oxygens (including phenoxy) is 1. The third-order valence-corrected chi connectivity index (χ3v) is 5.31. The maximum atomic E-state index is 12.4. The number of nitrogens with zero attached hydrogens (tertiary/aromatic N) is 1. The van der Waals surface area contributed by atoms with Crippen LogP contribution in [0.4, 0.5) is 0 Å². The van der Waals surface area contributed by atoms with Crippen molar-refractivity contribution in [3.05, 3.63) is 71.3 Å². The van der Waals surface area contributed by atoms with E-state index in [0.29, 0.717) is 16.2 Å². The molecule has 2 aromatic rings. The van der Waals surface area contributed by atoms with Gasteiger partial charge in [0.25, 0.3) is 11.8 Å². The zero-order valence-corrected chi connectivity index (χ0v) is 16.5. The Morgan fingerprint density at radius 3 is 2.52 bits per heavy atom. The molecule has 0 saturated carbocycles. The monoisotopic (exact) mass is 398 g/mol. The van der Waals surface area contributed by atoms with E-state index in [4.69, 9.17) is 4.74 Å². The lowest BCUT2D eigenvalue weighted by molar-refractivity contribution is -0.0940. The zero-order chi connectivity index (χ0) is 21.0. The summed E-state index contributed by atoms with van der Waals surface area (Å²) >= 11 is 0. The lowest BCUT2D eigenvalue weighted by Crippen LogP contribution is -2.47. The van der Waals surface area contributed by atoms with Crippen molar-refractivity contribution < 1.29 is 24.6 Å². The SMILES string of the molecule is Cc1ccccc1C(=O)NC[C@H]1OC[C@@](C)(CN(O)C(=O)c2ccccc2)[C@@H]1O. The lowest BCUT2D eigenvalue weighted by atomic mass is 9.84. The highest BCUT2D eigenvalue weighted by Crippen LogP contribution is 2.33. The molecule has 1 aliphatic rings. The summed E-state index contributed by atoms with van der Waals surface area (Å²) in [5.41, 5.74) is 0.918. The van der Waals surface area contributed by atoms with Gasteiger partial charge in [-0.25, -0.2) is 5.06 Å². The third-order valence-electron chi connectivity index (χ3n) is 5.31. The molecular formula is C22H26N2O5. The average Bonchev–Trinajstić information content (AvgIpc) is 3.00. The van der Waals surface area contributed by atoms with Gasteiger partial charge in [-0.3, -0.25) is 14.8 Å². The average molecular weight is 398 g/mol. The first-order chi connectivity index (χ1) is 13.8. The molecule has 3 rings (SSSR count). The first kappa shape index (κ1) is 21.0. The van der Waals surface area contributed by atoms with E-state index >= 15 is 0 Å². The van der Waals surface area contributed by atoms with Gasteiger partial charge in [-0.05, 0) is 30.7 Å². The summed E-state index contributed by atoms with van der Waals surface area (Å²) in [6.07, 6.45) is -1.59. The number of carbonyl (C=O) groups is 2. The van der Waals surface area contributed by atoms with Crippen molar-refractivity contribution in [1.82, 2.24) is 10.4 Å². The third kappa shape index (κ3) is 4.64. The Morgan fingerprint density at radius 2 is 1.83 bits per heavy atom. The number of amides is 2. The van der Waals surface area contributed by atoms with E-state index in [1.54, 1.807) is 49.4 Å². The molecule has 0 unspecified atom stereocenters. The first-order valence-corrected chi connectivity index (χ1v) is 9.51. The number of hydroxylamine groups is 2. The molecule has 0 spiro atoms. The molecule has 1 saturated heterocycles. The lowest BCUT2D eigenvalue weighted by Gasteiger charge is -2.31. The minimum atomic E-state index is -0.960. The Kier molecular flexibility index (Phi) is 6.32. The molecule has 29 heavy (non-hydrogen) atoms. The zero-order valence-electron chi connectivity index (χ0n) is 16.5. The fraction of sp³-hybridized carbons (Fsp3) is 0.364. The fourth-order valence-corrected chi connectivity index (χ4v) is 3.49. The molecule has 0 radical (unpaired) electrons. The highest BCUT2D eigenvalue weighted by atomic mass is 16.5. The van der Waals surface area contributed by atoms with Gasteiger partial charge in [0.2, 0.25) is 0 Å². The topological polar surface area (TPSA) is 99.1 Å². The Balaban J connectivity index is 1.58. The van der Waals surface area contributed by atoms with Gasteiger partial charge in [-0.2, -0.15) is 0 Å². The van der Waals surface area contributed by atoms with E-state index in [9.17, 15) is 19.9 Å². The number of aliphatic hydroxyl groups excluding tert-OH is 1. The molecule has 1 aliphatic heterocycles. The van der Waals surface area contributed by atoms with Gasteiger partial charge < -0.3 is 15.2 Å². The van der Waals surface area contributed by atoms with Gasteiger partial charge in [0.05, 0.1) is 19.3 Å². The van der Waals surface area contributed by atoms with E-state index in [1.165, 1.54) is 0 Å². The van der Waals surface area contributed by atoms with E-state index in [1.807, 2.05) is 19.1 Å². The number of nitrogens with one attached hydrogen (secondary N) is 1. The van der Waals surface area contributed by atoms with Crippen LogP contribution in [-0.2, 0) is 4.74 Å². The van der Waals surface area contributed by atoms with Crippen molar-refractivity contribution in [3.63, 3.8) is 0 Å². The van der Waals surface area contributed by atoms with Crippen LogP contribution >= 0.6 is 0 Å². The molecule has 0 aromatic heterocycles. The number of aliphatic hydroxyl groups is 1. The van der Waals surface area contributed by atoms with Crippen molar-refractivity contribution in [1.29, 1.82) is 0 Å². The van der Waals surface area contributed by atoms with E-state index in [0.717, 1.165) is 5.56 Å². The second-order valence-electron chi connectivity index (χ2n) is 7.70. The summed E-state index contributed by atoms with van der Waals surface area (Å²) in [6.45, 7) is 3.78. The van der Waals surface area contributed by atoms with Gasteiger partial charge in [0.15, 0.2) is 0 Å². The molecule has 0 aliphatic carbocycles. The van der Waals surface area contributed by atoms with Gasteiger partial charge >= 0.3 is 0 Å². The molecule has 7 nitrogen and oxygen atoms in total. The van der Waals surface area contributed by atoms with Crippen molar-refractivity contribution in [2.45, 2.75) is 26.1 Å². The maximum absolute atomic E-state index is 12.4. The predicted molar refractivity (Wildman–Crippen MR) is 107 cm³/mol. The number of rotatable bonds is 6. The summed E-state index contributed by atoms with van der Waals surface area (Å²) in [6, 6.07) is 15.7. The van der Waals surface area contributed by atoms with Gasteiger partial charge in [0, 0.05) is 23.1 Å². The standard InChI is InChI=1S/C22H26N2O5/c1-15-8-6-7-11-17(15)20(26)23-12-18-19(25)22(2,14-29-18)13-24(28)21(27)16-9-4-3-5-10-16/h3-11,18-19,25,28H,12-14H2,1-2H3,(H,23,26)/t18-,19-,22-/m1/s1. The summed E-state index contributed by atoms with van der Waals surface area (Å²) < 4.78 is 5.67. The van der Waals surface area contributed by atoms with Crippen LogP contribution in [0.2, 0.25) is 0 Å². The molecule has 7 heteroatoms. The van der Waals surface area contributed by atoms with Crippen LogP contribution < -0.4 is 5.32 Å².